The molecule has 2 N–H and O–H groups in total. The fourth-order valence-corrected chi connectivity index (χ4v) is 3.33. The highest BCUT2D eigenvalue weighted by Crippen LogP contribution is 2.27. The minimum Gasteiger partial charge on any atom is -0.469 e. The van der Waals surface area contributed by atoms with Gasteiger partial charge in [-0.2, -0.15) is 0 Å². The summed E-state index contributed by atoms with van der Waals surface area (Å²) in [5, 5.41) is 17.6. The van der Waals surface area contributed by atoms with Gasteiger partial charge in [0, 0.05) is 38.9 Å². The molecule has 1 rings (SSSR count). The van der Waals surface area contributed by atoms with Gasteiger partial charge in [-0.25, -0.2) is 0 Å². The Balaban J connectivity index is -0.000000497. The van der Waals surface area contributed by atoms with Gasteiger partial charge in [-0.1, -0.05) is 0 Å². The predicted octanol–water partition coefficient (Wildman–Crippen LogP) is 2.29. The molecule has 43 heavy (non-hydrogen) atoms. The first-order chi connectivity index (χ1) is 20.5. The summed E-state index contributed by atoms with van der Waals surface area (Å²) in [6.07, 6.45) is 7.67. The van der Waals surface area contributed by atoms with E-state index in [1.165, 1.54) is 42.7 Å². The number of carbonyl (C=O) groups excluding carboxylic acids is 6. The van der Waals surface area contributed by atoms with Crippen LogP contribution in [-0.4, -0.2) is 102 Å². The zero-order chi connectivity index (χ0) is 33.5. The SMILES string of the molecule is COC(=O)CCC(=O)OC.COC(=O)CCCC(=O)OC.COC(=O)CCCCC(=O)OC.OCC1CCC(CO)CC1. The molecule has 252 valence electrons. The van der Waals surface area contributed by atoms with E-state index in [-0.39, 0.29) is 49.6 Å². The molecule has 0 saturated heterocycles. The first kappa shape index (κ1) is 44.2. The van der Waals surface area contributed by atoms with Gasteiger partial charge in [0.15, 0.2) is 0 Å². The van der Waals surface area contributed by atoms with Crippen LogP contribution in [0.5, 0.6) is 0 Å². The summed E-state index contributed by atoms with van der Waals surface area (Å²) < 4.78 is 26.2. The molecule has 0 atom stereocenters. The molecule has 0 aromatic heterocycles. The Labute approximate surface area is 254 Å². The van der Waals surface area contributed by atoms with Crippen molar-refractivity contribution < 1.29 is 67.4 Å². The van der Waals surface area contributed by atoms with Gasteiger partial charge in [-0.05, 0) is 56.8 Å². The van der Waals surface area contributed by atoms with Gasteiger partial charge in [0.2, 0.25) is 0 Å². The molecule has 0 aliphatic heterocycles. The van der Waals surface area contributed by atoms with Gasteiger partial charge in [0.05, 0.1) is 55.5 Å². The Bertz CT molecular complexity index is 698. The van der Waals surface area contributed by atoms with Crippen LogP contribution in [0, 0.1) is 11.8 Å². The van der Waals surface area contributed by atoms with Gasteiger partial charge in [0.1, 0.15) is 0 Å². The van der Waals surface area contributed by atoms with Crippen LogP contribution < -0.4 is 0 Å². The monoisotopic (exact) mass is 624 g/mol. The molecule has 1 aliphatic rings. The second-order valence-corrected chi connectivity index (χ2v) is 9.27. The molecule has 1 saturated carbocycles. The van der Waals surface area contributed by atoms with Gasteiger partial charge in [-0.3, -0.25) is 28.8 Å². The number of aliphatic hydroxyl groups is 2. The normalized spacial score (nSPS) is 14.8. The number of aliphatic hydroxyl groups excluding tert-OH is 2. The van der Waals surface area contributed by atoms with E-state index in [1.807, 2.05) is 0 Å². The average molecular weight is 625 g/mol. The summed E-state index contributed by atoms with van der Waals surface area (Å²) in [6, 6.07) is 0. The minimum absolute atomic E-state index is 0.0865. The lowest BCUT2D eigenvalue weighted by Gasteiger charge is -2.25. The molecule has 0 bridgehead atoms. The Hall–Kier alpha value is -3.26. The number of methoxy groups -OCH3 is 6. The number of esters is 6. The fraction of sp³-hybridized carbons (Fsp3) is 0.793. The third-order valence-electron chi connectivity index (χ3n) is 6.16. The number of unbranched alkanes of at least 4 members (excludes halogenated alkanes) is 1. The van der Waals surface area contributed by atoms with Crippen LogP contribution in [0.4, 0.5) is 0 Å². The van der Waals surface area contributed by atoms with Crippen LogP contribution in [0.2, 0.25) is 0 Å². The Morgan fingerprint density at radius 3 is 0.837 bits per heavy atom. The number of carbonyl (C=O) groups is 6. The maximum absolute atomic E-state index is 10.6. The van der Waals surface area contributed by atoms with E-state index >= 15 is 0 Å². The van der Waals surface area contributed by atoms with Gasteiger partial charge >= 0.3 is 35.8 Å². The Kier molecular flexibility index (Phi) is 32.5. The zero-order valence-corrected chi connectivity index (χ0v) is 26.6. The molecule has 14 nitrogen and oxygen atoms in total. The molecule has 0 heterocycles. The molecule has 0 aromatic carbocycles. The van der Waals surface area contributed by atoms with Crippen molar-refractivity contribution in [2.75, 3.05) is 55.9 Å². The van der Waals surface area contributed by atoms with Crippen LogP contribution in [0.3, 0.4) is 0 Å². The maximum atomic E-state index is 10.6. The van der Waals surface area contributed by atoms with Crippen molar-refractivity contribution in [2.24, 2.45) is 11.8 Å². The summed E-state index contributed by atoms with van der Waals surface area (Å²) in [5.41, 5.74) is 0. The highest BCUT2D eigenvalue weighted by atomic mass is 16.5. The first-order valence-electron chi connectivity index (χ1n) is 14.1. The number of ether oxygens (including phenoxy) is 6. The van der Waals surface area contributed by atoms with E-state index in [0.717, 1.165) is 25.7 Å². The quantitative estimate of drug-likeness (QED) is 0.162. The maximum Gasteiger partial charge on any atom is 0.306 e. The smallest absolute Gasteiger partial charge is 0.306 e. The molecule has 1 fully saturated rings. The van der Waals surface area contributed by atoms with E-state index in [1.54, 1.807) is 0 Å². The van der Waals surface area contributed by atoms with Crippen molar-refractivity contribution in [3.05, 3.63) is 0 Å². The van der Waals surface area contributed by atoms with Crippen LogP contribution in [0.1, 0.15) is 83.5 Å². The Morgan fingerprint density at radius 1 is 0.419 bits per heavy atom. The standard InChI is InChI=1S/C8H14O4.C8H16O2.C7H12O4.C6H10O4/c1-11-7(9)5-3-4-6-8(10)12-2;9-5-7-1-2-8(6-10)4-3-7;1-10-6(8)4-3-5-7(9)11-2;1-9-5(7)3-4-6(8)10-2/h3-6H2,1-2H3;7-10H,1-6H2;3-5H2,1-2H3;3-4H2,1-2H3. The van der Waals surface area contributed by atoms with E-state index in [9.17, 15) is 28.8 Å². The van der Waals surface area contributed by atoms with Gasteiger partial charge < -0.3 is 38.6 Å². The second-order valence-electron chi connectivity index (χ2n) is 9.27. The molecule has 0 radical (unpaired) electrons. The van der Waals surface area contributed by atoms with E-state index in [2.05, 4.69) is 28.4 Å². The summed E-state index contributed by atoms with van der Waals surface area (Å²) in [6.45, 7) is 0.663. The lowest BCUT2D eigenvalue weighted by atomic mass is 9.83. The van der Waals surface area contributed by atoms with Crippen molar-refractivity contribution >= 4 is 35.8 Å². The highest BCUT2D eigenvalue weighted by Gasteiger charge is 2.19. The van der Waals surface area contributed by atoms with Crippen LogP contribution in [0.25, 0.3) is 0 Å². The van der Waals surface area contributed by atoms with E-state index in [0.29, 0.717) is 57.2 Å². The molecule has 0 aromatic rings. The topological polar surface area (TPSA) is 198 Å². The van der Waals surface area contributed by atoms with E-state index in [4.69, 9.17) is 10.2 Å². The lowest BCUT2D eigenvalue weighted by molar-refractivity contribution is -0.147. The van der Waals surface area contributed by atoms with Crippen molar-refractivity contribution in [3.8, 4) is 0 Å². The molecule has 0 amide bonds. The van der Waals surface area contributed by atoms with Gasteiger partial charge in [-0.15, -0.1) is 0 Å². The van der Waals surface area contributed by atoms with Crippen LogP contribution in [-0.2, 0) is 57.2 Å². The predicted molar refractivity (Wildman–Crippen MR) is 153 cm³/mol. The molecular weight excluding hydrogens is 572 g/mol. The Morgan fingerprint density at radius 2 is 0.628 bits per heavy atom. The first-order valence-corrected chi connectivity index (χ1v) is 14.1. The number of rotatable bonds is 14. The summed E-state index contributed by atoms with van der Waals surface area (Å²) in [7, 11) is 7.89. The molecule has 0 unspecified atom stereocenters. The van der Waals surface area contributed by atoms with Crippen molar-refractivity contribution in [2.45, 2.75) is 83.5 Å². The van der Waals surface area contributed by atoms with Crippen molar-refractivity contribution in [3.63, 3.8) is 0 Å². The molecule has 1 aliphatic carbocycles. The zero-order valence-electron chi connectivity index (χ0n) is 26.6. The van der Waals surface area contributed by atoms with Gasteiger partial charge in [0.25, 0.3) is 0 Å². The second kappa shape index (κ2) is 31.7. The number of hydrogen-bond donors (Lipinski definition) is 2. The molecule has 0 spiro atoms. The van der Waals surface area contributed by atoms with Crippen molar-refractivity contribution in [1.29, 1.82) is 0 Å². The fourth-order valence-electron chi connectivity index (χ4n) is 3.33. The largest absolute Gasteiger partial charge is 0.469 e. The van der Waals surface area contributed by atoms with Crippen LogP contribution in [0.15, 0.2) is 0 Å². The van der Waals surface area contributed by atoms with Crippen molar-refractivity contribution in [1.82, 2.24) is 0 Å². The van der Waals surface area contributed by atoms with Crippen LogP contribution >= 0.6 is 0 Å². The summed E-state index contributed by atoms with van der Waals surface area (Å²) >= 11 is 0. The third-order valence-corrected chi connectivity index (χ3v) is 6.16. The molecule has 14 heteroatoms. The van der Waals surface area contributed by atoms with E-state index < -0.39 is 11.9 Å². The lowest BCUT2D eigenvalue weighted by Crippen LogP contribution is -2.19. The minimum atomic E-state index is -0.398. The summed E-state index contributed by atoms with van der Waals surface area (Å²) in [5.74, 6) is -0.830. The third kappa shape index (κ3) is 31.5. The highest BCUT2D eigenvalue weighted by molar-refractivity contribution is 5.77. The number of hydrogen-bond acceptors (Lipinski definition) is 14. The average Bonchev–Trinajstić information content (AvgIpc) is 3.05. The summed E-state index contributed by atoms with van der Waals surface area (Å²) in [4.78, 5) is 63.0. The molecular formula is C29H52O14.